The monoisotopic (exact) mass is 263 g/mol. The first-order chi connectivity index (χ1) is 9.11. The summed E-state index contributed by atoms with van der Waals surface area (Å²) < 4.78 is 0. The molecule has 0 radical (unpaired) electrons. The maximum Gasteiger partial charge on any atom is 0.225 e. The smallest absolute Gasteiger partial charge is 0.225 e. The first kappa shape index (κ1) is 13.7. The van der Waals surface area contributed by atoms with Gasteiger partial charge in [-0.25, -0.2) is 9.97 Å². The van der Waals surface area contributed by atoms with Gasteiger partial charge in [-0.2, -0.15) is 0 Å². The number of nitrogens with two attached hydrogens (primary N) is 1. The minimum Gasteiger partial charge on any atom is -0.369 e. The molecular formula is C13H21N5O. The second kappa shape index (κ2) is 5.97. The molecule has 0 aliphatic carbocycles. The summed E-state index contributed by atoms with van der Waals surface area (Å²) in [6.07, 6.45) is 5.43. The Labute approximate surface area is 113 Å². The van der Waals surface area contributed by atoms with E-state index in [1.165, 1.54) is 0 Å². The van der Waals surface area contributed by atoms with Gasteiger partial charge in [-0.1, -0.05) is 0 Å². The fourth-order valence-corrected chi connectivity index (χ4v) is 2.41. The number of anilines is 1. The van der Waals surface area contributed by atoms with Gasteiger partial charge in [-0.05, 0) is 26.8 Å². The maximum absolute atomic E-state index is 11.3. The zero-order chi connectivity index (χ0) is 13.8. The van der Waals surface area contributed by atoms with E-state index in [4.69, 9.17) is 5.73 Å². The van der Waals surface area contributed by atoms with Gasteiger partial charge in [0.1, 0.15) is 0 Å². The van der Waals surface area contributed by atoms with Gasteiger partial charge < -0.3 is 16.0 Å². The maximum atomic E-state index is 11.3. The van der Waals surface area contributed by atoms with E-state index in [1.807, 2.05) is 19.4 Å². The van der Waals surface area contributed by atoms with Gasteiger partial charge in [-0.15, -0.1) is 0 Å². The number of amides is 1. The topological polar surface area (TPSA) is 84.1 Å². The van der Waals surface area contributed by atoms with Crippen molar-refractivity contribution >= 4 is 11.9 Å². The van der Waals surface area contributed by atoms with Gasteiger partial charge in [-0.3, -0.25) is 4.79 Å². The Morgan fingerprint density at radius 2 is 2.16 bits per heavy atom. The third-order valence-corrected chi connectivity index (χ3v) is 3.61. The summed E-state index contributed by atoms with van der Waals surface area (Å²) in [7, 11) is 1.89. The highest BCUT2D eigenvalue weighted by Crippen LogP contribution is 2.24. The van der Waals surface area contributed by atoms with Crippen LogP contribution in [-0.2, 0) is 11.3 Å². The number of carbonyl (C=O) groups excluding carboxylic acids is 1. The zero-order valence-corrected chi connectivity index (χ0v) is 11.5. The van der Waals surface area contributed by atoms with Crippen molar-refractivity contribution in [2.24, 2.45) is 11.7 Å². The van der Waals surface area contributed by atoms with Crippen LogP contribution in [0.1, 0.15) is 25.3 Å². The van der Waals surface area contributed by atoms with E-state index < -0.39 is 0 Å². The number of piperidine rings is 1. The van der Waals surface area contributed by atoms with E-state index in [1.54, 1.807) is 0 Å². The van der Waals surface area contributed by atoms with Crippen LogP contribution in [-0.4, -0.2) is 35.5 Å². The molecular weight excluding hydrogens is 242 g/mol. The molecule has 0 spiro atoms. The van der Waals surface area contributed by atoms with Crippen molar-refractivity contribution in [3.05, 3.63) is 18.0 Å². The Balaban J connectivity index is 2.11. The Hall–Kier alpha value is -1.69. The van der Waals surface area contributed by atoms with Crippen LogP contribution in [0, 0.1) is 5.92 Å². The molecule has 2 heterocycles. The quantitative estimate of drug-likeness (QED) is 0.815. The summed E-state index contributed by atoms with van der Waals surface area (Å²) in [5, 5.41) is 3.06. The van der Waals surface area contributed by atoms with E-state index in [9.17, 15) is 4.79 Å². The molecule has 6 nitrogen and oxygen atoms in total. The summed E-state index contributed by atoms with van der Waals surface area (Å²) in [5.41, 5.74) is 6.45. The molecule has 1 aliphatic rings. The van der Waals surface area contributed by atoms with E-state index in [0.717, 1.165) is 24.9 Å². The molecule has 0 bridgehead atoms. The van der Waals surface area contributed by atoms with Gasteiger partial charge >= 0.3 is 0 Å². The van der Waals surface area contributed by atoms with Crippen molar-refractivity contribution in [1.82, 2.24) is 15.3 Å². The van der Waals surface area contributed by atoms with Crippen LogP contribution in [0.25, 0.3) is 0 Å². The average Bonchev–Trinajstić information content (AvgIpc) is 2.40. The minimum atomic E-state index is -0.233. The largest absolute Gasteiger partial charge is 0.369 e. The van der Waals surface area contributed by atoms with Gasteiger partial charge in [0, 0.05) is 37.1 Å². The molecule has 3 N–H and O–H groups in total. The van der Waals surface area contributed by atoms with Gasteiger partial charge in [0.25, 0.3) is 0 Å². The number of rotatable bonds is 4. The number of nitrogens with one attached hydrogen (secondary N) is 1. The molecule has 1 amide bonds. The number of hydrogen-bond acceptors (Lipinski definition) is 5. The van der Waals surface area contributed by atoms with Crippen molar-refractivity contribution in [1.29, 1.82) is 0 Å². The normalized spacial score (nSPS) is 23.4. The predicted octanol–water partition coefficient (Wildman–Crippen LogP) is 0.286. The van der Waals surface area contributed by atoms with Crippen LogP contribution in [0.3, 0.4) is 0 Å². The highest BCUT2D eigenvalue weighted by atomic mass is 16.1. The number of nitrogens with zero attached hydrogens (tertiary/aromatic N) is 3. The third kappa shape index (κ3) is 3.20. The van der Waals surface area contributed by atoms with Gasteiger partial charge in [0.15, 0.2) is 0 Å². The van der Waals surface area contributed by atoms with Crippen LogP contribution in [0.5, 0.6) is 0 Å². The molecule has 1 fully saturated rings. The summed E-state index contributed by atoms with van der Waals surface area (Å²) in [5.74, 6) is 0.346. The number of aromatic nitrogens is 2. The molecule has 0 saturated carbocycles. The third-order valence-electron chi connectivity index (χ3n) is 3.61. The van der Waals surface area contributed by atoms with E-state index in [2.05, 4.69) is 27.1 Å². The number of primary amides is 1. The van der Waals surface area contributed by atoms with Crippen molar-refractivity contribution in [2.45, 2.75) is 32.4 Å². The predicted molar refractivity (Wildman–Crippen MR) is 73.5 cm³/mol. The molecule has 1 aromatic heterocycles. The second-order valence-electron chi connectivity index (χ2n) is 5.10. The van der Waals surface area contributed by atoms with Crippen LogP contribution in [0.2, 0.25) is 0 Å². The summed E-state index contributed by atoms with van der Waals surface area (Å²) in [6.45, 7) is 3.49. The average molecular weight is 263 g/mol. The van der Waals surface area contributed by atoms with Crippen molar-refractivity contribution in [3.63, 3.8) is 0 Å². The first-order valence-electron chi connectivity index (χ1n) is 6.63. The first-order valence-corrected chi connectivity index (χ1v) is 6.63. The highest BCUT2D eigenvalue weighted by molar-refractivity contribution is 5.77. The van der Waals surface area contributed by atoms with E-state index in [-0.39, 0.29) is 11.8 Å². The lowest BCUT2D eigenvalue weighted by Crippen LogP contribution is -2.46. The van der Waals surface area contributed by atoms with E-state index >= 15 is 0 Å². The van der Waals surface area contributed by atoms with Crippen LogP contribution < -0.4 is 16.0 Å². The summed E-state index contributed by atoms with van der Waals surface area (Å²) >= 11 is 0. The molecule has 1 aromatic rings. The lowest BCUT2D eigenvalue weighted by Gasteiger charge is -2.36. The fraction of sp³-hybridized carbons (Fsp3) is 0.615. The number of carbonyl (C=O) groups is 1. The summed E-state index contributed by atoms with van der Waals surface area (Å²) in [4.78, 5) is 22.2. The Morgan fingerprint density at radius 3 is 2.74 bits per heavy atom. The standard InChI is InChI=1S/C13H21N5O/c1-9-3-4-11(12(14)19)8-18(9)13-16-6-10(5-15-2)7-17-13/h6-7,9,11,15H,3-5,8H2,1-2H3,(H2,14,19). The molecule has 2 atom stereocenters. The SMILES string of the molecule is CNCc1cnc(N2CC(C(N)=O)CCC2C)nc1. The lowest BCUT2D eigenvalue weighted by molar-refractivity contribution is -0.122. The fourth-order valence-electron chi connectivity index (χ4n) is 2.41. The van der Waals surface area contributed by atoms with Crippen LogP contribution >= 0.6 is 0 Å². The van der Waals surface area contributed by atoms with Gasteiger partial charge in [0.05, 0.1) is 5.92 Å². The van der Waals surface area contributed by atoms with Crippen molar-refractivity contribution in [2.75, 3.05) is 18.5 Å². The van der Waals surface area contributed by atoms with Crippen molar-refractivity contribution < 1.29 is 4.79 Å². The molecule has 1 aliphatic heterocycles. The zero-order valence-electron chi connectivity index (χ0n) is 11.5. The van der Waals surface area contributed by atoms with E-state index in [0.29, 0.717) is 18.5 Å². The molecule has 1 saturated heterocycles. The highest BCUT2D eigenvalue weighted by Gasteiger charge is 2.29. The van der Waals surface area contributed by atoms with Crippen LogP contribution in [0.15, 0.2) is 12.4 Å². The molecule has 6 heteroatoms. The van der Waals surface area contributed by atoms with Crippen LogP contribution in [0.4, 0.5) is 5.95 Å². The minimum absolute atomic E-state index is 0.100. The number of hydrogen-bond donors (Lipinski definition) is 2. The molecule has 104 valence electrons. The Bertz CT molecular complexity index is 433. The Morgan fingerprint density at radius 1 is 1.47 bits per heavy atom. The lowest BCUT2D eigenvalue weighted by atomic mass is 9.93. The molecule has 2 rings (SSSR count). The van der Waals surface area contributed by atoms with Gasteiger partial charge in [0.2, 0.25) is 11.9 Å². The molecule has 19 heavy (non-hydrogen) atoms. The molecule has 0 aromatic carbocycles. The molecule has 2 unspecified atom stereocenters. The Kier molecular flexibility index (Phi) is 4.31. The van der Waals surface area contributed by atoms with Crippen molar-refractivity contribution in [3.8, 4) is 0 Å². The summed E-state index contributed by atoms with van der Waals surface area (Å²) in [6, 6.07) is 0.339. The second-order valence-corrected chi connectivity index (χ2v) is 5.10.